The van der Waals surface area contributed by atoms with Gasteiger partial charge in [-0.25, -0.2) is 0 Å². The molecule has 4 aliphatic heterocycles. The lowest BCUT2D eigenvalue weighted by Gasteiger charge is -2.41. The number of amides is 4. The average molecular weight is 468 g/mol. The van der Waals surface area contributed by atoms with E-state index in [2.05, 4.69) is 15.1 Å². The maximum atomic E-state index is 13.1. The Morgan fingerprint density at radius 3 is 2.15 bits per heavy atom. The van der Waals surface area contributed by atoms with Crippen molar-refractivity contribution in [1.29, 1.82) is 0 Å². The summed E-state index contributed by atoms with van der Waals surface area (Å²) in [5.41, 5.74) is 7.32. The molecule has 5 rings (SSSR count). The Hall–Kier alpha value is -2.78. The third kappa shape index (κ3) is 4.22. The van der Waals surface area contributed by atoms with Crippen molar-refractivity contribution in [2.24, 2.45) is 17.6 Å². The van der Waals surface area contributed by atoms with Crippen molar-refractivity contribution in [3.63, 3.8) is 0 Å². The maximum absolute atomic E-state index is 13.1. The number of nitrogens with one attached hydrogen (secondary N) is 1. The smallest absolute Gasteiger partial charge is 0.262 e. The Morgan fingerprint density at radius 2 is 1.50 bits per heavy atom. The van der Waals surface area contributed by atoms with Gasteiger partial charge in [-0.05, 0) is 75.2 Å². The number of nitrogens with zero attached hydrogens (tertiary/aromatic N) is 3. The van der Waals surface area contributed by atoms with Crippen LogP contribution in [-0.2, 0) is 9.59 Å². The first-order valence-corrected chi connectivity index (χ1v) is 12.5. The van der Waals surface area contributed by atoms with E-state index in [0.29, 0.717) is 11.1 Å². The standard InChI is InChI=1S/C25H33N5O4/c26-9-14-28-10-5-16(6-11-28)17-7-12-29(13-8-17)18-1-2-19-20(15-18)25(34)30(24(19)33)21-3-4-22(31)27-23(21)32/h1-2,15-17,21H,3-14,26H2,(H,27,31,32). The van der Waals surface area contributed by atoms with Gasteiger partial charge in [0, 0.05) is 38.3 Å². The summed E-state index contributed by atoms with van der Waals surface area (Å²) in [7, 11) is 0. The topological polar surface area (TPSA) is 116 Å². The van der Waals surface area contributed by atoms with Gasteiger partial charge in [-0.15, -0.1) is 0 Å². The second-order valence-electron chi connectivity index (χ2n) is 9.97. The summed E-state index contributed by atoms with van der Waals surface area (Å²) in [6, 6.07) is 4.48. The van der Waals surface area contributed by atoms with Gasteiger partial charge in [0.15, 0.2) is 0 Å². The Kier molecular flexibility index (Phi) is 6.40. The van der Waals surface area contributed by atoms with Crippen LogP contribution >= 0.6 is 0 Å². The van der Waals surface area contributed by atoms with E-state index in [1.165, 1.54) is 12.8 Å². The highest BCUT2D eigenvalue weighted by molar-refractivity contribution is 6.23. The molecular weight excluding hydrogens is 434 g/mol. The molecule has 0 aromatic heterocycles. The highest BCUT2D eigenvalue weighted by Gasteiger charge is 2.44. The normalized spacial score (nSPS) is 25.1. The molecule has 1 aromatic carbocycles. The monoisotopic (exact) mass is 467 g/mol. The molecular formula is C25H33N5O4. The van der Waals surface area contributed by atoms with Crippen LogP contribution in [0.5, 0.6) is 0 Å². The number of hydrogen-bond acceptors (Lipinski definition) is 7. The predicted octanol–water partition coefficient (Wildman–Crippen LogP) is 0.975. The molecule has 4 aliphatic rings. The number of hydrogen-bond donors (Lipinski definition) is 2. The molecule has 34 heavy (non-hydrogen) atoms. The number of piperidine rings is 3. The van der Waals surface area contributed by atoms with Gasteiger partial charge >= 0.3 is 0 Å². The molecule has 9 heteroatoms. The van der Waals surface area contributed by atoms with E-state index in [0.717, 1.165) is 74.5 Å². The molecule has 4 amide bonds. The number of carbonyl (C=O) groups excluding carboxylic acids is 4. The summed E-state index contributed by atoms with van der Waals surface area (Å²) in [5, 5.41) is 2.24. The van der Waals surface area contributed by atoms with E-state index in [9.17, 15) is 19.2 Å². The van der Waals surface area contributed by atoms with Crippen LogP contribution in [0.15, 0.2) is 18.2 Å². The molecule has 0 bridgehead atoms. The summed E-state index contributed by atoms with van der Waals surface area (Å²) in [4.78, 5) is 55.6. The predicted molar refractivity (Wildman–Crippen MR) is 126 cm³/mol. The van der Waals surface area contributed by atoms with Crippen LogP contribution < -0.4 is 16.0 Å². The van der Waals surface area contributed by atoms with E-state index in [1.807, 2.05) is 6.07 Å². The van der Waals surface area contributed by atoms with Gasteiger partial charge in [0.2, 0.25) is 11.8 Å². The van der Waals surface area contributed by atoms with Crippen LogP contribution in [0.3, 0.4) is 0 Å². The molecule has 3 saturated heterocycles. The SMILES string of the molecule is NCCN1CCC(C2CCN(c3ccc4c(c3)C(=O)N(C3CCC(=O)NC3=O)C4=O)CC2)CC1. The maximum Gasteiger partial charge on any atom is 0.262 e. The van der Waals surface area contributed by atoms with Gasteiger partial charge in [-0.2, -0.15) is 0 Å². The van der Waals surface area contributed by atoms with Gasteiger partial charge < -0.3 is 15.5 Å². The first kappa shape index (κ1) is 23.0. The van der Waals surface area contributed by atoms with Crippen LogP contribution in [0.4, 0.5) is 5.69 Å². The van der Waals surface area contributed by atoms with Crippen molar-refractivity contribution < 1.29 is 19.2 Å². The zero-order valence-corrected chi connectivity index (χ0v) is 19.5. The number of imide groups is 2. The first-order valence-electron chi connectivity index (χ1n) is 12.5. The lowest BCUT2D eigenvalue weighted by Crippen LogP contribution is -2.54. The molecule has 1 aromatic rings. The fraction of sp³-hybridized carbons (Fsp3) is 0.600. The molecule has 0 saturated carbocycles. The van der Waals surface area contributed by atoms with Gasteiger partial charge in [0.1, 0.15) is 6.04 Å². The van der Waals surface area contributed by atoms with E-state index < -0.39 is 23.8 Å². The zero-order valence-electron chi connectivity index (χ0n) is 19.5. The highest BCUT2D eigenvalue weighted by atomic mass is 16.2. The quantitative estimate of drug-likeness (QED) is 0.620. The third-order valence-corrected chi connectivity index (χ3v) is 8.07. The Bertz CT molecular complexity index is 995. The van der Waals surface area contributed by atoms with Crippen molar-refractivity contribution in [2.45, 2.75) is 44.6 Å². The first-order chi connectivity index (χ1) is 16.5. The molecule has 1 unspecified atom stereocenters. The molecule has 0 radical (unpaired) electrons. The Balaban J connectivity index is 1.22. The minimum absolute atomic E-state index is 0.121. The lowest BCUT2D eigenvalue weighted by atomic mass is 9.78. The Labute approximate surface area is 199 Å². The number of fused-ring (bicyclic) bond motifs is 1. The van der Waals surface area contributed by atoms with Crippen molar-refractivity contribution in [3.8, 4) is 0 Å². The number of benzene rings is 1. The average Bonchev–Trinajstić information content (AvgIpc) is 3.09. The van der Waals surface area contributed by atoms with Crippen LogP contribution in [0.25, 0.3) is 0 Å². The molecule has 182 valence electrons. The highest BCUT2D eigenvalue weighted by Crippen LogP contribution is 2.35. The lowest BCUT2D eigenvalue weighted by molar-refractivity contribution is -0.136. The zero-order chi connectivity index (χ0) is 23.8. The molecule has 0 aliphatic carbocycles. The summed E-state index contributed by atoms with van der Waals surface area (Å²) >= 11 is 0. The number of anilines is 1. The molecule has 0 spiro atoms. The number of rotatable bonds is 5. The molecule has 4 heterocycles. The summed E-state index contributed by atoms with van der Waals surface area (Å²) in [6.07, 6.45) is 5.05. The van der Waals surface area contributed by atoms with Gasteiger partial charge in [-0.1, -0.05) is 0 Å². The van der Waals surface area contributed by atoms with Crippen molar-refractivity contribution in [1.82, 2.24) is 15.1 Å². The van der Waals surface area contributed by atoms with E-state index in [-0.39, 0.29) is 18.7 Å². The summed E-state index contributed by atoms with van der Waals surface area (Å²) < 4.78 is 0. The second kappa shape index (κ2) is 9.46. The molecule has 1 atom stereocenters. The van der Waals surface area contributed by atoms with E-state index in [4.69, 9.17) is 5.73 Å². The van der Waals surface area contributed by atoms with Crippen LogP contribution in [0.1, 0.15) is 59.2 Å². The largest absolute Gasteiger partial charge is 0.371 e. The van der Waals surface area contributed by atoms with Gasteiger partial charge in [0.05, 0.1) is 11.1 Å². The summed E-state index contributed by atoms with van der Waals surface area (Å²) in [6.45, 7) is 5.88. The van der Waals surface area contributed by atoms with Crippen LogP contribution in [-0.4, -0.2) is 78.7 Å². The fourth-order valence-corrected chi connectivity index (χ4v) is 6.12. The number of nitrogens with two attached hydrogens (primary N) is 1. The van der Waals surface area contributed by atoms with Crippen molar-refractivity contribution in [2.75, 3.05) is 44.2 Å². The number of carbonyl (C=O) groups is 4. The fourth-order valence-electron chi connectivity index (χ4n) is 6.12. The van der Waals surface area contributed by atoms with Crippen molar-refractivity contribution >= 4 is 29.3 Å². The third-order valence-electron chi connectivity index (χ3n) is 8.07. The van der Waals surface area contributed by atoms with Gasteiger partial charge in [-0.3, -0.25) is 29.4 Å². The van der Waals surface area contributed by atoms with Crippen LogP contribution in [0, 0.1) is 11.8 Å². The molecule has 3 N–H and O–H groups in total. The number of likely N-dealkylation sites (tertiary alicyclic amines) is 1. The Morgan fingerprint density at radius 1 is 0.853 bits per heavy atom. The minimum Gasteiger partial charge on any atom is -0.371 e. The van der Waals surface area contributed by atoms with Crippen molar-refractivity contribution in [3.05, 3.63) is 29.3 Å². The van der Waals surface area contributed by atoms with Crippen LogP contribution in [0.2, 0.25) is 0 Å². The molecule has 9 nitrogen and oxygen atoms in total. The van der Waals surface area contributed by atoms with Gasteiger partial charge in [0.25, 0.3) is 11.8 Å². The van der Waals surface area contributed by atoms with E-state index >= 15 is 0 Å². The second-order valence-corrected chi connectivity index (χ2v) is 9.97. The van der Waals surface area contributed by atoms with E-state index in [1.54, 1.807) is 12.1 Å². The minimum atomic E-state index is -0.930. The molecule has 3 fully saturated rings. The summed E-state index contributed by atoms with van der Waals surface area (Å²) in [5.74, 6) is -0.350.